The van der Waals surface area contributed by atoms with Crippen molar-refractivity contribution in [1.29, 1.82) is 0 Å². The van der Waals surface area contributed by atoms with Gasteiger partial charge in [-0.25, -0.2) is 0 Å². The number of carbonyl (C=O) groups is 1. The molecule has 0 aromatic carbocycles. The van der Waals surface area contributed by atoms with E-state index >= 15 is 0 Å². The Morgan fingerprint density at radius 2 is 1.63 bits per heavy atom. The Kier molecular flexibility index (Phi) is 8.48. The highest BCUT2D eigenvalue weighted by atomic mass is 16.5. The van der Waals surface area contributed by atoms with Crippen molar-refractivity contribution >= 4 is 5.78 Å². The molecule has 0 N–H and O–H groups in total. The molecule has 0 fully saturated rings. The average Bonchev–Trinajstić information content (AvgIpc) is 2.92. The lowest BCUT2D eigenvalue weighted by Crippen LogP contribution is -2.29. The fourth-order valence-corrected chi connectivity index (χ4v) is 2.55. The van der Waals surface area contributed by atoms with Crippen LogP contribution in [0.5, 0.6) is 0 Å². The summed E-state index contributed by atoms with van der Waals surface area (Å²) in [4.78, 5) is 12.1. The molecule has 2 nitrogen and oxygen atoms in total. The van der Waals surface area contributed by atoms with Gasteiger partial charge in [-0.05, 0) is 6.42 Å². The van der Waals surface area contributed by atoms with Crippen molar-refractivity contribution < 1.29 is 9.53 Å². The van der Waals surface area contributed by atoms with Gasteiger partial charge in [0.1, 0.15) is 6.10 Å². The topological polar surface area (TPSA) is 26.3 Å². The molecule has 1 rings (SSSR count). The maximum atomic E-state index is 12.1. The van der Waals surface area contributed by atoms with Crippen molar-refractivity contribution in [1.82, 2.24) is 0 Å². The maximum Gasteiger partial charge on any atom is 0.162 e. The van der Waals surface area contributed by atoms with Crippen LogP contribution in [0.3, 0.4) is 0 Å². The van der Waals surface area contributed by atoms with Crippen LogP contribution in [-0.4, -0.2) is 19.0 Å². The van der Waals surface area contributed by atoms with Crippen molar-refractivity contribution in [3.05, 3.63) is 24.3 Å². The summed E-state index contributed by atoms with van der Waals surface area (Å²) < 4.78 is 5.35. The summed E-state index contributed by atoms with van der Waals surface area (Å²) in [5.74, 6) is 0.388. The molecule has 0 bridgehead atoms. The van der Waals surface area contributed by atoms with E-state index in [4.69, 9.17) is 4.74 Å². The molecule has 0 saturated carbocycles. The van der Waals surface area contributed by atoms with E-state index in [1.165, 1.54) is 38.5 Å². The molecular formula is C17H28O2. The van der Waals surface area contributed by atoms with E-state index in [9.17, 15) is 4.79 Å². The van der Waals surface area contributed by atoms with Gasteiger partial charge in [0, 0.05) is 19.4 Å². The van der Waals surface area contributed by atoms with E-state index < -0.39 is 0 Å². The first kappa shape index (κ1) is 16.2. The van der Waals surface area contributed by atoms with Gasteiger partial charge in [0.25, 0.3) is 0 Å². The molecule has 0 aliphatic heterocycles. The summed E-state index contributed by atoms with van der Waals surface area (Å²) in [5, 5.41) is 0. The van der Waals surface area contributed by atoms with Gasteiger partial charge in [-0.3, -0.25) is 4.79 Å². The summed E-state index contributed by atoms with van der Waals surface area (Å²) in [6.45, 7) is 2.23. The summed E-state index contributed by atoms with van der Waals surface area (Å²) in [7, 11) is 1.63. The fraction of sp³-hybridized carbons (Fsp3) is 0.706. The largest absolute Gasteiger partial charge is 0.373 e. The normalized spacial score (nSPS) is 16.1. The molecule has 1 aliphatic carbocycles. The van der Waals surface area contributed by atoms with Crippen LogP contribution < -0.4 is 0 Å². The Bertz CT molecular complexity index is 292. The minimum Gasteiger partial charge on any atom is -0.373 e. The van der Waals surface area contributed by atoms with E-state index in [2.05, 4.69) is 6.92 Å². The van der Waals surface area contributed by atoms with Crippen molar-refractivity contribution in [3.63, 3.8) is 0 Å². The van der Waals surface area contributed by atoms with Gasteiger partial charge in [-0.2, -0.15) is 0 Å². The average molecular weight is 264 g/mol. The van der Waals surface area contributed by atoms with E-state index in [1.807, 2.05) is 24.3 Å². The van der Waals surface area contributed by atoms with Gasteiger partial charge < -0.3 is 4.74 Å². The molecule has 0 aromatic rings. The standard InChI is InChI=1S/C17H28O2/c1-3-4-5-6-7-8-9-14-16(18)17(19-2)15-12-10-11-13-15/h10-13,15,17H,3-9,14H2,1-2H3. The molecule has 1 unspecified atom stereocenters. The van der Waals surface area contributed by atoms with Crippen LogP contribution >= 0.6 is 0 Å². The number of methoxy groups -OCH3 is 1. The number of carbonyl (C=O) groups excluding carboxylic acids is 1. The van der Waals surface area contributed by atoms with Gasteiger partial charge in [0.05, 0.1) is 0 Å². The Morgan fingerprint density at radius 1 is 1.05 bits per heavy atom. The third-order valence-corrected chi connectivity index (χ3v) is 3.73. The number of unbranched alkanes of at least 4 members (excludes halogenated alkanes) is 6. The molecule has 0 heterocycles. The van der Waals surface area contributed by atoms with Crippen LogP contribution in [0, 0.1) is 5.92 Å². The predicted octanol–water partition coefficient (Wildman–Crippen LogP) is 4.45. The number of ether oxygens (including phenoxy) is 1. The van der Waals surface area contributed by atoms with E-state index in [0.717, 1.165) is 6.42 Å². The highest BCUT2D eigenvalue weighted by Gasteiger charge is 2.24. The molecule has 0 amide bonds. The number of allylic oxidation sites excluding steroid dienone is 2. The lowest BCUT2D eigenvalue weighted by molar-refractivity contribution is -0.130. The molecule has 1 aliphatic rings. The number of ketones is 1. The molecule has 2 heteroatoms. The number of hydrogen-bond donors (Lipinski definition) is 0. The molecule has 19 heavy (non-hydrogen) atoms. The first-order chi connectivity index (χ1) is 9.29. The molecule has 0 saturated heterocycles. The van der Waals surface area contributed by atoms with E-state index in [0.29, 0.717) is 6.42 Å². The first-order valence-corrected chi connectivity index (χ1v) is 7.70. The van der Waals surface area contributed by atoms with Crippen LogP contribution in [0.4, 0.5) is 0 Å². The molecule has 1 atom stereocenters. The van der Waals surface area contributed by atoms with E-state index in [1.54, 1.807) is 7.11 Å². The van der Waals surface area contributed by atoms with Crippen LogP contribution in [0.25, 0.3) is 0 Å². The van der Waals surface area contributed by atoms with Crippen LogP contribution in [-0.2, 0) is 9.53 Å². The van der Waals surface area contributed by atoms with Crippen molar-refractivity contribution in [2.45, 2.75) is 64.4 Å². The highest BCUT2D eigenvalue weighted by Crippen LogP contribution is 2.19. The Hall–Kier alpha value is -0.890. The van der Waals surface area contributed by atoms with Crippen LogP contribution in [0.2, 0.25) is 0 Å². The molecular weight excluding hydrogens is 236 g/mol. The Labute approximate surface area is 117 Å². The highest BCUT2D eigenvalue weighted by molar-refractivity contribution is 5.84. The SMILES string of the molecule is CCCCCCCCCC(=O)C(OC)C1C=CC=C1. The lowest BCUT2D eigenvalue weighted by Gasteiger charge is -2.18. The number of rotatable bonds is 11. The predicted molar refractivity (Wildman–Crippen MR) is 80.2 cm³/mol. The zero-order chi connectivity index (χ0) is 13.9. The quantitative estimate of drug-likeness (QED) is 0.515. The second-order valence-electron chi connectivity index (χ2n) is 5.34. The summed E-state index contributed by atoms with van der Waals surface area (Å²) >= 11 is 0. The molecule has 0 radical (unpaired) electrons. The monoisotopic (exact) mass is 264 g/mol. The van der Waals surface area contributed by atoms with Crippen molar-refractivity contribution in [3.8, 4) is 0 Å². The van der Waals surface area contributed by atoms with Gasteiger partial charge in [-0.1, -0.05) is 69.8 Å². The van der Waals surface area contributed by atoms with Crippen LogP contribution in [0.1, 0.15) is 58.3 Å². The molecule has 108 valence electrons. The third-order valence-electron chi connectivity index (χ3n) is 3.73. The van der Waals surface area contributed by atoms with Gasteiger partial charge in [0.2, 0.25) is 0 Å². The van der Waals surface area contributed by atoms with Gasteiger partial charge in [0.15, 0.2) is 5.78 Å². The number of Topliss-reactive ketones (excluding diaryl/α,β-unsaturated/α-hetero) is 1. The molecule has 0 spiro atoms. The second kappa shape index (κ2) is 9.96. The summed E-state index contributed by atoms with van der Waals surface area (Å²) in [5.41, 5.74) is 0. The smallest absolute Gasteiger partial charge is 0.162 e. The van der Waals surface area contributed by atoms with E-state index in [-0.39, 0.29) is 17.8 Å². The zero-order valence-electron chi connectivity index (χ0n) is 12.4. The molecule has 0 aromatic heterocycles. The lowest BCUT2D eigenvalue weighted by atomic mass is 9.96. The van der Waals surface area contributed by atoms with Gasteiger partial charge in [-0.15, -0.1) is 0 Å². The van der Waals surface area contributed by atoms with Gasteiger partial charge >= 0.3 is 0 Å². The second-order valence-corrected chi connectivity index (χ2v) is 5.34. The minimum absolute atomic E-state index is 0.141. The summed E-state index contributed by atoms with van der Waals surface area (Å²) in [6.07, 6.45) is 17.1. The first-order valence-electron chi connectivity index (χ1n) is 7.70. The Morgan fingerprint density at radius 3 is 2.21 bits per heavy atom. The van der Waals surface area contributed by atoms with Crippen molar-refractivity contribution in [2.24, 2.45) is 5.92 Å². The van der Waals surface area contributed by atoms with Crippen LogP contribution in [0.15, 0.2) is 24.3 Å². The summed E-state index contributed by atoms with van der Waals surface area (Å²) in [6, 6.07) is 0. The minimum atomic E-state index is -0.282. The fourth-order valence-electron chi connectivity index (χ4n) is 2.55. The maximum absolute atomic E-state index is 12.1. The third kappa shape index (κ3) is 6.20. The van der Waals surface area contributed by atoms with Crippen molar-refractivity contribution in [2.75, 3.05) is 7.11 Å². The Balaban J connectivity index is 2.12. The number of hydrogen-bond acceptors (Lipinski definition) is 2. The zero-order valence-corrected chi connectivity index (χ0v) is 12.4.